The Morgan fingerprint density at radius 3 is 2.32 bits per heavy atom. The number of nitrogens with one attached hydrogen (secondary N) is 1. The normalized spacial score (nSPS) is 14.1. The van der Waals surface area contributed by atoms with E-state index < -0.39 is 15.8 Å². The van der Waals surface area contributed by atoms with E-state index in [4.69, 9.17) is 4.74 Å². The van der Waals surface area contributed by atoms with E-state index in [1.165, 1.54) is 36.4 Å². The van der Waals surface area contributed by atoms with Crippen molar-refractivity contribution in [3.8, 4) is 5.75 Å². The first kappa shape index (κ1) is 23.6. The lowest BCUT2D eigenvalue weighted by Crippen LogP contribution is -2.49. The SMILES string of the molecule is COc1ccccc1N1CCN(C(=O)c2cc(S(=O)(=O)Nc3ccc(F)cc3)ccc2C)CC1. The smallest absolute Gasteiger partial charge is 0.261 e. The second kappa shape index (κ2) is 9.72. The van der Waals surface area contributed by atoms with Crippen molar-refractivity contribution in [2.45, 2.75) is 11.8 Å². The largest absolute Gasteiger partial charge is 0.495 e. The molecule has 0 bridgehead atoms. The molecule has 1 N–H and O–H groups in total. The van der Waals surface area contributed by atoms with Crippen LogP contribution in [-0.4, -0.2) is 52.5 Å². The summed E-state index contributed by atoms with van der Waals surface area (Å²) in [5.41, 5.74) is 2.25. The highest BCUT2D eigenvalue weighted by Gasteiger charge is 2.26. The number of carbonyl (C=O) groups excluding carboxylic acids is 1. The first-order valence-electron chi connectivity index (χ1n) is 10.8. The number of ether oxygens (including phenoxy) is 1. The van der Waals surface area contributed by atoms with Gasteiger partial charge in [-0.15, -0.1) is 0 Å². The van der Waals surface area contributed by atoms with Crippen LogP contribution in [0.15, 0.2) is 71.6 Å². The molecule has 0 spiro atoms. The number of piperazine rings is 1. The molecule has 0 radical (unpaired) electrons. The molecule has 1 fully saturated rings. The molecule has 1 amide bonds. The summed E-state index contributed by atoms with van der Waals surface area (Å²) in [6.07, 6.45) is 0. The summed E-state index contributed by atoms with van der Waals surface area (Å²) in [4.78, 5) is 17.2. The number of nitrogens with zero attached hydrogens (tertiary/aromatic N) is 2. The van der Waals surface area contributed by atoms with Gasteiger partial charge >= 0.3 is 0 Å². The third kappa shape index (κ3) is 4.99. The van der Waals surface area contributed by atoms with Gasteiger partial charge in [0.25, 0.3) is 15.9 Å². The van der Waals surface area contributed by atoms with Crippen LogP contribution in [0, 0.1) is 12.7 Å². The number of benzene rings is 3. The molecule has 4 rings (SSSR count). The average Bonchev–Trinajstić information content (AvgIpc) is 2.85. The lowest BCUT2D eigenvalue weighted by Gasteiger charge is -2.36. The summed E-state index contributed by atoms with van der Waals surface area (Å²) in [6, 6.07) is 17.3. The van der Waals surface area contributed by atoms with Gasteiger partial charge in [-0.05, 0) is 61.0 Å². The van der Waals surface area contributed by atoms with Crippen LogP contribution in [0.25, 0.3) is 0 Å². The first-order valence-corrected chi connectivity index (χ1v) is 12.3. The molecule has 0 saturated carbocycles. The minimum Gasteiger partial charge on any atom is -0.495 e. The minimum absolute atomic E-state index is 0.0292. The molecule has 0 atom stereocenters. The molecular formula is C25H26FN3O4S. The summed E-state index contributed by atoms with van der Waals surface area (Å²) < 4.78 is 46.7. The molecule has 0 aliphatic carbocycles. The van der Waals surface area contributed by atoms with Crippen molar-refractivity contribution in [3.05, 3.63) is 83.7 Å². The molecule has 7 nitrogen and oxygen atoms in total. The molecule has 178 valence electrons. The number of hydrogen-bond donors (Lipinski definition) is 1. The Bertz CT molecular complexity index is 1290. The van der Waals surface area contributed by atoms with Gasteiger partial charge in [0.2, 0.25) is 0 Å². The van der Waals surface area contributed by atoms with Crippen LogP contribution >= 0.6 is 0 Å². The van der Waals surface area contributed by atoms with Gasteiger partial charge in [0.05, 0.1) is 17.7 Å². The van der Waals surface area contributed by atoms with E-state index in [1.54, 1.807) is 25.0 Å². The van der Waals surface area contributed by atoms with Crippen LogP contribution in [0.2, 0.25) is 0 Å². The second-order valence-electron chi connectivity index (χ2n) is 8.04. The van der Waals surface area contributed by atoms with Crippen LogP contribution in [0.4, 0.5) is 15.8 Å². The Hall–Kier alpha value is -3.59. The summed E-state index contributed by atoms with van der Waals surface area (Å²) in [5.74, 6) is 0.109. The van der Waals surface area contributed by atoms with Gasteiger partial charge in [-0.2, -0.15) is 0 Å². The number of amides is 1. The molecule has 1 saturated heterocycles. The number of rotatable bonds is 6. The van der Waals surface area contributed by atoms with E-state index in [2.05, 4.69) is 9.62 Å². The van der Waals surface area contributed by atoms with Gasteiger partial charge in [0, 0.05) is 37.4 Å². The molecule has 1 aliphatic rings. The second-order valence-corrected chi connectivity index (χ2v) is 9.72. The molecule has 34 heavy (non-hydrogen) atoms. The highest BCUT2D eigenvalue weighted by molar-refractivity contribution is 7.92. The topological polar surface area (TPSA) is 79.0 Å². The number of halogens is 1. The van der Waals surface area contributed by atoms with Crippen molar-refractivity contribution in [3.63, 3.8) is 0 Å². The molecule has 0 unspecified atom stereocenters. The van der Waals surface area contributed by atoms with Crippen LogP contribution < -0.4 is 14.4 Å². The monoisotopic (exact) mass is 483 g/mol. The lowest BCUT2D eigenvalue weighted by atomic mass is 10.1. The lowest BCUT2D eigenvalue weighted by molar-refractivity contribution is 0.0745. The Balaban J connectivity index is 1.49. The number of anilines is 2. The van der Waals surface area contributed by atoms with Crippen molar-refractivity contribution in [1.82, 2.24) is 4.90 Å². The maximum Gasteiger partial charge on any atom is 0.261 e. The zero-order valence-corrected chi connectivity index (χ0v) is 19.8. The van der Waals surface area contributed by atoms with E-state index in [0.717, 1.165) is 11.4 Å². The first-order chi connectivity index (χ1) is 16.3. The minimum atomic E-state index is -3.95. The summed E-state index contributed by atoms with van der Waals surface area (Å²) in [5, 5.41) is 0. The number of methoxy groups -OCH3 is 1. The van der Waals surface area contributed by atoms with Crippen LogP contribution in [0.3, 0.4) is 0 Å². The van der Waals surface area contributed by atoms with Gasteiger partial charge < -0.3 is 14.5 Å². The predicted molar refractivity (Wildman–Crippen MR) is 129 cm³/mol. The van der Waals surface area contributed by atoms with Gasteiger partial charge in [0.1, 0.15) is 11.6 Å². The molecule has 3 aromatic rings. The van der Waals surface area contributed by atoms with Crippen molar-refractivity contribution >= 4 is 27.3 Å². The number of carbonyl (C=O) groups is 1. The van der Waals surface area contributed by atoms with Crippen molar-refractivity contribution in [2.75, 3.05) is 42.9 Å². The fraction of sp³-hybridized carbons (Fsp3) is 0.240. The number of aryl methyl sites for hydroxylation is 1. The van der Waals surface area contributed by atoms with Gasteiger partial charge in [-0.1, -0.05) is 18.2 Å². The molecular weight excluding hydrogens is 457 g/mol. The highest BCUT2D eigenvalue weighted by atomic mass is 32.2. The van der Waals surface area contributed by atoms with Crippen molar-refractivity contribution < 1.29 is 22.3 Å². The molecule has 1 aliphatic heterocycles. The average molecular weight is 484 g/mol. The fourth-order valence-corrected chi connectivity index (χ4v) is 5.03. The Morgan fingerprint density at radius 1 is 0.971 bits per heavy atom. The third-order valence-electron chi connectivity index (χ3n) is 5.84. The standard InChI is InChI=1S/C25H26FN3O4S/c1-18-7-12-21(34(31,32)27-20-10-8-19(26)9-11-20)17-22(18)25(30)29-15-13-28(14-16-29)23-5-3-4-6-24(23)33-2/h3-12,17,27H,13-16H2,1-2H3. The van der Waals surface area contributed by atoms with E-state index >= 15 is 0 Å². The summed E-state index contributed by atoms with van der Waals surface area (Å²) in [7, 11) is -2.32. The quantitative estimate of drug-likeness (QED) is 0.575. The van der Waals surface area contributed by atoms with Crippen LogP contribution in [-0.2, 0) is 10.0 Å². The van der Waals surface area contributed by atoms with Gasteiger partial charge in [-0.3, -0.25) is 9.52 Å². The van der Waals surface area contributed by atoms with Crippen LogP contribution in [0.1, 0.15) is 15.9 Å². The fourth-order valence-electron chi connectivity index (χ4n) is 3.94. The maximum absolute atomic E-state index is 13.3. The number of sulfonamides is 1. The Morgan fingerprint density at radius 2 is 1.65 bits per heavy atom. The van der Waals surface area contributed by atoms with E-state index in [-0.39, 0.29) is 16.5 Å². The van der Waals surface area contributed by atoms with Gasteiger partial charge in [0.15, 0.2) is 0 Å². The van der Waals surface area contributed by atoms with Crippen LogP contribution in [0.5, 0.6) is 5.75 Å². The van der Waals surface area contributed by atoms with Crippen molar-refractivity contribution in [2.24, 2.45) is 0 Å². The van der Waals surface area contributed by atoms with E-state index in [9.17, 15) is 17.6 Å². The zero-order valence-electron chi connectivity index (χ0n) is 19.0. The molecule has 9 heteroatoms. The Kier molecular flexibility index (Phi) is 6.74. The third-order valence-corrected chi connectivity index (χ3v) is 7.22. The molecule has 3 aromatic carbocycles. The number of para-hydroxylation sites is 2. The van der Waals surface area contributed by atoms with Crippen molar-refractivity contribution in [1.29, 1.82) is 0 Å². The molecule has 1 heterocycles. The number of hydrogen-bond acceptors (Lipinski definition) is 5. The summed E-state index contributed by atoms with van der Waals surface area (Å²) >= 11 is 0. The summed E-state index contributed by atoms with van der Waals surface area (Å²) in [6.45, 7) is 4.05. The van der Waals surface area contributed by atoms with E-state index in [0.29, 0.717) is 37.3 Å². The Labute approximate surface area is 198 Å². The molecule has 0 aromatic heterocycles. The van der Waals surface area contributed by atoms with E-state index in [1.807, 2.05) is 24.3 Å². The van der Waals surface area contributed by atoms with Gasteiger partial charge in [-0.25, -0.2) is 12.8 Å². The predicted octanol–water partition coefficient (Wildman–Crippen LogP) is 3.91. The maximum atomic E-state index is 13.3. The highest BCUT2D eigenvalue weighted by Crippen LogP contribution is 2.29. The zero-order chi connectivity index (χ0) is 24.3.